The number of piperazine rings is 1. The van der Waals surface area contributed by atoms with E-state index in [2.05, 4.69) is 38.7 Å². The fourth-order valence-corrected chi connectivity index (χ4v) is 5.01. The Hall–Kier alpha value is -2.35. The van der Waals surface area contributed by atoms with Gasteiger partial charge in [-0.2, -0.15) is 0 Å². The second-order valence-corrected chi connectivity index (χ2v) is 9.98. The van der Waals surface area contributed by atoms with Gasteiger partial charge >= 0.3 is 0 Å². The highest BCUT2D eigenvalue weighted by Crippen LogP contribution is 2.35. The molecular formula is C26H35N3O3S. The maximum absolute atomic E-state index is 11.9. The van der Waals surface area contributed by atoms with Crippen LogP contribution in [0.3, 0.4) is 0 Å². The molecule has 33 heavy (non-hydrogen) atoms. The van der Waals surface area contributed by atoms with E-state index >= 15 is 0 Å². The summed E-state index contributed by atoms with van der Waals surface area (Å²) in [4.78, 5) is 17.9. The summed E-state index contributed by atoms with van der Waals surface area (Å²) in [5.74, 6) is 1.000. The van der Waals surface area contributed by atoms with E-state index in [9.17, 15) is 4.79 Å². The van der Waals surface area contributed by atoms with Gasteiger partial charge in [-0.3, -0.25) is 9.69 Å². The van der Waals surface area contributed by atoms with Crippen LogP contribution in [0.15, 0.2) is 46.4 Å². The molecule has 1 aliphatic rings. The van der Waals surface area contributed by atoms with Gasteiger partial charge in [-0.05, 0) is 63.2 Å². The molecule has 0 radical (unpaired) electrons. The number of hydrogen-bond acceptors (Lipinski definition) is 6. The van der Waals surface area contributed by atoms with Crippen LogP contribution in [0.2, 0.25) is 0 Å². The van der Waals surface area contributed by atoms with Crippen LogP contribution in [-0.4, -0.2) is 67.6 Å². The van der Waals surface area contributed by atoms with E-state index in [0.717, 1.165) is 74.5 Å². The first-order valence-corrected chi connectivity index (χ1v) is 12.9. The Labute approximate surface area is 200 Å². The van der Waals surface area contributed by atoms with Gasteiger partial charge in [0.25, 0.3) is 0 Å². The number of nitrogens with zero attached hydrogens (tertiary/aromatic N) is 2. The third-order valence-electron chi connectivity index (χ3n) is 6.00. The Balaban J connectivity index is 1.10. The van der Waals surface area contributed by atoms with Crippen LogP contribution < -0.4 is 10.1 Å². The molecule has 1 aromatic carbocycles. The predicted molar refractivity (Wildman–Crippen MR) is 135 cm³/mol. The van der Waals surface area contributed by atoms with Gasteiger partial charge in [-0.1, -0.05) is 6.07 Å². The molecule has 0 bridgehead atoms. The Bertz CT molecular complexity index is 1010. The number of fused-ring (bicyclic) bond motifs is 1. The first-order chi connectivity index (χ1) is 16.1. The summed E-state index contributed by atoms with van der Waals surface area (Å²) in [7, 11) is 0. The second kappa shape index (κ2) is 11.7. The van der Waals surface area contributed by atoms with Gasteiger partial charge in [0.1, 0.15) is 17.6 Å². The van der Waals surface area contributed by atoms with Crippen molar-refractivity contribution in [2.75, 3.05) is 45.9 Å². The van der Waals surface area contributed by atoms with Crippen LogP contribution in [0.25, 0.3) is 21.4 Å². The van der Waals surface area contributed by atoms with Gasteiger partial charge in [-0.15, -0.1) is 11.3 Å². The van der Waals surface area contributed by atoms with Crippen LogP contribution in [0.1, 0.15) is 33.1 Å². The third-order valence-corrected chi connectivity index (χ3v) is 6.91. The van der Waals surface area contributed by atoms with E-state index in [4.69, 9.17) is 9.15 Å². The number of carbonyl (C=O) groups is 1. The zero-order valence-corrected chi connectivity index (χ0v) is 20.5. The Morgan fingerprint density at radius 1 is 1.12 bits per heavy atom. The van der Waals surface area contributed by atoms with Crippen molar-refractivity contribution in [2.24, 2.45) is 0 Å². The van der Waals surface area contributed by atoms with E-state index < -0.39 is 0 Å². The molecule has 1 fully saturated rings. The third kappa shape index (κ3) is 6.82. The lowest BCUT2D eigenvalue weighted by atomic mass is 10.1. The number of carbonyl (C=O) groups excluding carboxylic acids is 1. The number of hydrogen-bond donors (Lipinski definition) is 1. The maximum atomic E-state index is 11.9. The minimum absolute atomic E-state index is 0.132. The van der Waals surface area contributed by atoms with Crippen molar-refractivity contribution in [3.63, 3.8) is 0 Å². The fourth-order valence-electron chi connectivity index (χ4n) is 4.27. The van der Waals surface area contributed by atoms with Crippen molar-refractivity contribution in [1.29, 1.82) is 0 Å². The van der Waals surface area contributed by atoms with Crippen molar-refractivity contribution >= 4 is 28.2 Å². The molecule has 0 unspecified atom stereocenters. The zero-order valence-electron chi connectivity index (χ0n) is 19.7. The van der Waals surface area contributed by atoms with Crippen molar-refractivity contribution in [3.05, 3.63) is 42.0 Å². The fraction of sp³-hybridized carbons (Fsp3) is 0.500. The van der Waals surface area contributed by atoms with Crippen molar-refractivity contribution < 1.29 is 13.9 Å². The lowest BCUT2D eigenvalue weighted by Crippen LogP contribution is -2.50. The number of nitrogens with one attached hydrogen (secondary N) is 1. The van der Waals surface area contributed by atoms with Crippen molar-refractivity contribution in [3.8, 4) is 16.2 Å². The van der Waals surface area contributed by atoms with Crippen LogP contribution in [0, 0.1) is 0 Å². The molecule has 3 aromatic rings. The number of amides is 1. The lowest BCUT2D eigenvalue weighted by molar-refractivity contribution is -0.123. The highest BCUT2D eigenvalue weighted by molar-refractivity contribution is 7.13. The molecule has 0 atom stereocenters. The monoisotopic (exact) mass is 469 g/mol. The van der Waals surface area contributed by atoms with Crippen LogP contribution in [0.5, 0.6) is 5.75 Å². The molecular weight excluding hydrogens is 434 g/mol. The smallest absolute Gasteiger partial charge is 0.234 e. The summed E-state index contributed by atoms with van der Waals surface area (Å²) in [5.41, 5.74) is 2.02. The molecule has 1 saturated heterocycles. The van der Waals surface area contributed by atoms with Crippen LogP contribution in [-0.2, 0) is 4.79 Å². The largest absolute Gasteiger partial charge is 0.493 e. The number of ether oxygens (including phenoxy) is 1. The minimum atomic E-state index is 0.132. The van der Waals surface area contributed by atoms with Gasteiger partial charge in [0, 0.05) is 54.1 Å². The number of furan rings is 1. The second-order valence-electron chi connectivity index (χ2n) is 9.03. The van der Waals surface area contributed by atoms with Crippen LogP contribution >= 0.6 is 11.3 Å². The van der Waals surface area contributed by atoms with Gasteiger partial charge in [-0.25, -0.2) is 0 Å². The Morgan fingerprint density at radius 2 is 1.94 bits per heavy atom. The molecule has 178 valence electrons. The zero-order chi connectivity index (χ0) is 23.0. The van der Waals surface area contributed by atoms with Gasteiger partial charge in [0.15, 0.2) is 0 Å². The number of unbranched alkanes of at least 4 members (excludes halogenated alkanes) is 2. The molecule has 6 nitrogen and oxygen atoms in total. The highest BCUT2D eigenvalue weighted by Gasteiger charge is 2.18. The molecule has 1 aliphatic heterocycles. The summed E-state index contributed by atoms with van der Waals surface area (Å²) in [6, 6.07) is 10.5. The molecule has 0 spiro atoms. The molecule has 1 amide bonds. The average molecular weight is 470 g/mol. The molecule has 0 saturated carbocycles. The standard InChI is InChI=1S/C26H35N3O3S/c1-20(2)27-26(30)18-29-13-11-28(12-14-29)10-4-3-5-15-31-21-8-9-22-23(19-32-24(22)17-21)25-7-6-16-33-25/h6-9,16-17,19-20H,3-5,10-15,18H2,1-2H3,(H,27,30). The number of rotatable bonds is 11. The Kier molecular flexibility index (Phi) is 8.42. The van der Waals surface area contributed by atoms with Gasteiger partial charge in [0.2, 0.25) is 5.91 Å². The Morgan fingerprint density at radius 3 is 2.70 bits per heavy atom. The van der Waals surface area contributed by atoms with E-state index in [0.29, 0.717) is 6.54 Å². The summed E-state index contributed by atoms with van der Waals surface area (Å²) in [5, 5.41) is 6.19. The van der Waals surface area contributed by atoms with E-state index in [-0.39, 0.29) is 11.9 Å². The normalized spacial score (nSPS) is 15.4. The number of benzene rings is 1. The summed E-state index contributed by atoms with van der Waals surface area (Å²) < 4.78 is 11.7. The predicted octanol–water partition coefficient (Wildman–Crippen LogP) is 4.85. The first kappa shape index (κ1) is 23.8. The van der Waals surface area contributed by atoms with E-state index in [1.165, 1.54) is 11.3 Å². The molecule has 1 N–H and O–H groups in total. The molecule has 3 heterocycles. The summed E-state index contributed by atoms with van der Waals surface area (Å²) in [6.45, 7) is 10.4. The molecule has 4 rings (SSSR count). The van der Waals surface area contributed by atoms with Crippen molar-refractivity contribution in [2.45, 2.75) is 39.2 Å². The van der Waals surface area contributed by atoms with E-state index in [1.54, 1.807) is 11.3 Å². The average Bonchev–Trinajstić information content (AvgIpc) is 3.46. The van der Waals surface area contributed by atoms with Gasteiger partial charge < -0.3 is 19.4 Å². The summed E-state index contributed by atoms with van der Waals surface area (Å²) >= 11 is 1.72. The quantitative estimate of drug-likeness (QED) is 0.407. The van der Waals surface area contributed by atoms with Crippen molar-refractivity contribution in [1.82, 2.24) is 15.1 Å². The summed E-state index contributed by atoms with van der Waals surface area (Å²) in [6.07, 6.45) is 5.22. The topological polar surface area (TPSA) is 58.0 Å². The SMILES string of the molecule is CC(C)NC(=O)CN1CCN(CCCCCOc2ccc3c(-c4cccs4)coc3c2)CC1. The molecule has 7 heteroatoms. The molecule has 0 aliphatic carbocycles. The van der Waals surface area contributed by atoms with E-state index in [1.807, 2.05) is 32.2 Å². The first-order valence-electron chi connectivity index (χ1n) is 12.0. The van der Waals surface area contributed by atoms with Gasteiger partial charge in [0.05, 0.1) is 13.2 Å². The van der Waals surface area contributed by atoms with Crippen LogP contribution in [0.4, 0.5) is 0 Å². The number of thiophene rings is 1. The molecule has 2 aromatic heterocycles. The highest BCUT2D eigenvalue weighted by atomic mass is 32.1. The lowest BCUT2D eigenvalue weighted by Gasteiger charge is -2.34. The maximum Gasteiger partial charge on any atom is 0.234 e. The minimum Gasteiger partial charge on any atom is -0.493 e.